The number of carbonyl (C=O) groups is 1. The van der Waals surface area contributed by atoms with E-state index in [2.05, 4.69) is 14.9 Å². The first-order chi connectivity index (χ1) is 9.03. The van der Waals surface area contributed by atoms with Crippen LogP contribution < -0.4 is 4.72 Å². The van der Waals surface area contributed by atoms with E-state index >= 15 is 0 Å². The van der Waals surface area contributed by atoms with Crippen LogP contribution in [0.5, 0.6) is 0 Å². The number of nitrogens with zero attached hydrogens (tertiary/aromatic N) is 1. The van der Waals surface area contributed by atoms with Crippen molar-refractivity contribution in [3.8, 4) is 0 Å². The highest BCUT2D eigenvalue weighted by Gasteiger charge is 2.25. The number of aromatic nitrogens is 2. The van der Waals surface area contributed by atoms with Crippen LogP contribution in [-0.4, -0.2) is 49.4 Å². The van der Waals surface area contributed by atoms with E-state index in [-0.39, 0.29) is 30.3 Å². The molecule has 0 atom stereocenters. The first-order valence-electron chi connectivity index (χ1n) is 5.84. The van der Waals surface area contributed by atoms with Gasteiger partial charge in [-0.3, -0.25) is 5.10 Å². The van der Waals surface area contributed by atoms with Crippen molar-refractivity contribution < 1.29 is 23.1 Å². The fourth-order valence-electron chi connectivity index (χ4n) is 1.35. The quantitative estimate of drug-likeness (QED) is 0.444. The molecule has 0 radical (unpaired) electrons. The zero-order chi connectivity index (χ0) is 14.3. The molecule has 0 aliphatic carbocycles. The lowest BCUT2D eigenvalue weighted by atomic mass is 10.3. The largest absolute Gasteiger partial charge is 0.462 e. The molecule has 0 aliphatic heterocycles. The lowest BCUT2D eigenvalue weighted by Gasteiger charge is -2.06. The van der Waals surface area contributed by atoms with Gasteiger partial charge in [0.25, 0.3) is 10.0 Å². The average molecular weight is 291 g/mol. The zero-order valence-corrected chi connectivity index (χ0v) is 11.4. The second-order valence-electron chi connectivity index (χ2n) is 3.66. The molecule has 0 saturated carbocycles. The molecule has 0 aliphatic rings. The van der Waals surface area contributed by atoms with Crippen LogP contribution in [0.3, 0.4) is 0 Å². The number of rotatable bonds is 8. The molecule has 0 unspecified atom stereocenters. The lowest BCUT2D eigenvalue weighted by Crippen LogP contribution is -2.27. The van der Waals surface area contributed by atoms with E-state index in [1.807, 2.05) is 0 Å². The second kappa shape index (κ2) is 7.22. The van der Waals surface area contributed by atoms with Gasteiger partial charge in [-0.15, -0.1) is 0 Å². The Morgan fingerprint density at radius 3 is 2.89 bits per heavy atom. The molecule has 19 heavy (non-hydrogen) atoms. The van der Waals surface area contributed by atoms with Crippen molar-refractivity contribution in [2.45, 2.75) is 24.8 Å². The SMILES string of the molecule is CCOC(=O)c1cn[nH]c1S(=O)(=O)NCCCCO. The molecule has 8 nitrogen and oxygen atoms in total. The molecule has 0 saturated heterocycles. The smallest absolute Gasteiger partial charge is 0.342 e. The average Bonchev–Trinajstić information content (AvgIpc) is 2.85. The molecule has 1 rings (SSSR count). The van der Waals surface area contributed by atoms with Crippen LogP contribution in [0.25, 0.3) is 0 Å². The number of carbonyl (C=O) groups excluding carboxylic acids is 1. The maximum atomic E-state index is 11.9. The van der Waals surface area contributed by atoms with E-state index in [1.165, 1.54) is 0 Å². The van der Waals surface area contributed by atoms with Crippen molar-refractivity contribution in [1.29, 1.82) is 0 Å². The van der Waals surface area contributed by atoms with Gasteiger partial charge in [0.15, 0.2) is 5.03 Å². The molecule has 0 amide bonds. The number of unbranched alkanes of at least 4 members (excludes halogenated alkanes) is 1. The molecule has 108 valence electrons. The molecule has 0 bridgehead atoms. The number of hydrogen-bond donors (Lipinski definition) is 3. The number of aromatic amines is 1. The third-order valence-corrected chi connectivity index (χ3v) is 3.68. The number of nitrogens with one attached hydrogen (secondary N) is 2. The molecule has 0 fully saturated rings. The number of ether oxygens (including phenoxy) is 1. The van der Waals surface area contributed by atoms with Gasteiger partial charge in [0, 0.05) is 13.2 Å². The summed E-state index contributed by atoms with van der Waals surface area (Å²) >= 11 is 0. The number of hydrogen-bond acceptors (Lipinski definition) is 6. The fraction of sp³-hybridized carbons (Fsp3) is 0.600. The van der Waals surface area contributed by atoms with Gasteiger partial charge in [-0.2, -0.15) is 5.10 Å². The van der Waals surface area contributed by atoms with Crippen LogP contribution in [0.4, 0.5) is 0 Å². The molecule has 3 N–H and O–H groups in total. The molecule has 0 spiro atoms. The number of esters is 1. The minimum Gasteiger partial charge on any atom is -0.462 e. The van der Waals surface area contributed by atoms with Gasteiger partial charge in [-0.1, -0.05) is 0 Å². The predicted octanol–water partition coefficient (Wildman–Crippen LogP) is -0.363. The third-order valence-electron chi connectivity index (χ3n) is 2.25. The Morgan fingerprint density at radius 1 is 1.53 bits per heavy atom. The summed E-state index contributed by atoms with van der Waals surface area (Å²) < 4.78 is 30.9. The first-order valence-corrected chi connectivity index (χ1v) is 7.32. The van der Waals surface area contributed by atoms with Crippen molar-refractivity contribution in [3.63, 3.8) is 0 Å². The maximum Gasteiger partial charge on any atom is 0.342 e. The lowest BCUT2D eigenvalue weighted by molar-refractivity contribution is 0.0522. The first kappa shape index (κ1) is 15.6. The van der Waals surface area contributed by atoms with Crippen molar-refractivity contribution in [2.24, 2.45) is 0 Å². The van der Waals surface area contributed by atoms with Crippen LogP contribution in [0.2, 0.25) is 0 Å². The monoisotopic (exact) mass is 291 g/mol. The summed E-state index contributed by atoms with van der Waals surface area (Å²) in [5, 5.41) is 14.1. The molecular formula is C10H17N3O5S. The Balaban J connectivity index is 2.78. The summed E-state index contributed by atoms with van der Waals surface area (Å²) in [5.41, 5.74) is -0.128. The summed E-state index contributed by atoms with van der Waals surface area (Å²) in [6.45, 7) is 1.94. The van der Waals surface area contributed by atoms with Crippen LogP contribution in [-0.2, 0) is 14.8 Å². The van der Waals surface area contributed by atoms with Crippen LogP contribution in [0, 0.1) is 0 Å². The Morgan fingerprint density at radius 2 is 2.26 bits per heavy atom. The van der Waals surface area contributed by atoms with Gasteiger partial charge >= 0.3 is 5.97 Å². The van der Waals surface area contributed by atoms with E-state index in [0.717, 1.165) is 6.20 Å². The van der Waals surface area contributed by atoms with Crippen LogP contribution >= 0.6 is 0 Å². The van der Waals surface area contributed by atoms with Gasteiger partial charge in [-0.05, 0) is 19.8 Å². The number of aliphatic hydroxyl groups excluding tert-OH is 1. The number of H-pyrrole nitrogens is 1. The highest BCUT2D eigenvalue weighted by Crippen LogP contribution is 2.13. The number of aliphatic hydroxyl groups is 1. The molecule has 1 aromatic rings. The summed E-state index contributed by atoms with van der Waals surface area (Å²) in [5.74, 6) is -0.744. The highest BCUT2D eigenvalue weighted by molar-refractivity contribution is 7.89. The molecule has 0 aromatic carbocycles. The van der Waals surface area contributed by atoms with E-state index in [4.69, 9.17) is 9.84 Å². The van der Waals surface area contributed by atoms with Crippen molar-refractivity contribution in [2.75, 3.05) is 19.8 Å². The van der Waals surface area contributed by atoms with E-state index < -0.39 is 16.0 Å². The molecular weight excluding hydrogens is 274 g/mol. The van der Waals surface area contributed by atoms with Crippen LogP contribution in [0.1, 0.15) is 30.1 Å². The number of sulfonamides is 1. The minimum absolute atomic E-state index is 0.000138. The summed E-state index contributed by atoms with van der Waals surface area (Å²) in [7, 11) is -3.84. The standard InChI is InChI=1S/C10H17N3O5S/c1-2-18-10(15)8-7-11-13-9(8)19(16,17)12-5-3-4-6-14/h7,12,14H,2-6H2,1H3,(H,11,13). The zero-order valence-electron chi connectivity index (χ0n) is 10.5. The summed E-state index contributed by atoms with van der Waals surface area (Å²) in [6, 6.07) is 0. The highest BCUT2D eigenvalue weighted by atomic mass is 32.2. The normalized spacial score (nSPS) is 11.5. The fourth-order valence-corrected chi connectivity index (χ4v) is 2.50. The predicted molar refractivity (Wildman–Crippen MR) is 66.1 cm³/mol. The maximum absolute atomic E-state index is 11.9. The van der Waals surface area contributed by atoms with E-state index in [9.17, 15) is 13.2 Å². The minimum atomic E-state index is -3.84. The van der Waals surface area contributed by atoms with E-state index in [0.29, 0.717) is 12.8 Å². The van der Waals surface area contributed by atoms with Crippen LogP contribution in [0.15, 0.2) is 11.2 Å². The van der Waals surface area contributed by atoms with Crippen molar-refractivity contribution in [1.82, 2.24) is 14.9 Å². The van der Waals surface area contributed by atoms with Gasteiger partial charge in [0.2, 0.25) is 0 Å². The molecule has 9 heteroatoms. The summed E-state index contributed by atoms with van der Waals surface area (Å²) in [6.07, 6.45) is 2.11. The van der Waals surface area contributed by atoms with Gasteiger partial charge in [0.05, 0.1) is 12.8 Å². The molecule has 1 heterocycles. The Bertz CT molecular complexity index is 511. The van der Waals surface area contributed by atoms with E-state index in [1.54, 1.807) is 6.92 Å². The second-order valence-corrected chi connectivity index (χ2v) is 5.37. The van der Waals surface area contributed by atoms with Gasteiger partial charge < -0.3 is 9.84 Å². The van der Waals surface area contributed by atoms with Gasteiger partial charge in [0.1, 0.15) is 5.56 Å². The summed E-state index contributed by atoms with van der Waals surface area (Å²) in [4.78, 5) is 11.5. The van der Waals surface area contributed by atoms with Crippen molar-refractivity contribution in [3.05, 3.63) is 11.8 Å². The Kier molecular flexibility index (Phi) is 5.93. The molecule has 1 aromatic heterocycles. The Labute approximate surface area is 111 Å². The topological polar surface area (TPSA) is 121 Å². The Hall–Kier alpha value is -1.45. The third kappa shape index (κ3) is 4.30. The van der Waals surface area contributed by atoms with Gasteiger partial charge in [-0.25, -0.2) is 17.9 Å². The van der Waals surface area contributed by atoms with Crippen molar-refractivity contribution >= 4 is 16.0 Å².